The van der Waals surface area contributed by atoms with Crippen LogP contribution in [0.3, 0.4) is 0 Å². The summed E-state index contributed by atoms with van der Waals surface area (Å²) in [5, 5.41) is 2.90. The molecule has 3 aromatic heterocycles. The quantitative estimate of drug-likeness (QED) is 0.0536. The van der Waals surface area contributed by atoms with E-state index in [4.69, 9.17) is 71.1 Å². The number of likely N-dealkylation sites (N-methyl/N-ethyl adjacent to an activating group) is 1. The molecule has 34 heteroatoms. The molecule has 9 aromatic rings. The van der Waals surface area contributed by atoms with Crippen LogP contribution in [0.25, 0.3) is 66.1 Å². The number of amides is 3. The summed E-state index contributed by atoms with van der Waals surface area (Å²) >= 11 is 26.7. The first-order valence-electron chi connectivity index (χ1n) is 39.7. The minimum absolute atomic E-state index is 0.0674. The molecule has 6 saturated heterocycles. The molecule has 26 nitrogen and oxygen atoms in total. The zero-order valence-corrected chi connectivity index (χ0v) is 69.0. The van der Waals surface area contributed by atoms with Crippen molar-refractivity contribution in [3.8, 4) is 50.6 Å². The van der Waals surface area contributed by atoms with Crippen LogP contribution in [0, 0.1) is 23.3 Å². The molecule has 12 heterocycles. The van der Waals surface area contributed by atoms with Crippen molar-refractivity contribution < 1.29 is 50.9 Å². The van der Waals surface area contributed by atoms with Crippen molar-refractivity contribution in [1.29, 1.82) is 0 Å². The largest absolute Gasteiger partial charge is 0.488 e. The highest BCUT2D eigenvalue weighted by atomic mass is 35.5. The van der Waals surface area contributed by atoms with Crippen LogP contribution in [-0.2, 0) is 19.1 Å². The van der Waals surface area contributed by atoms with E-state index in [0.717, 1.165) is 51.2 Å². The van der Waals surface area contributed by atoms with Crippen LogP contribution < -0.4 is 51.7 Å². The zero-order valence-electron chi connectivity index (χ0n) is 66.0. The van der Waals surface area contributed by atoms with Gasteiger partial charge in [-0.05, 0) is 146 Å². The van der Waals surface area contributed by atoms with Gasteiger partial charge in [-0.15, -0.1) is 0 Å². The number of benzene rings is 6. The number of likely N-dealkylation sites (tertiary alicyclic amines) is 2. The molecule has 6 aromatic carbocycles. The Balaban J connectivity index is 0.000000133. The van der Waals surface area contributed by atoms with Crippen molar-refractivity contribution in [3.63, 3.8) is 0 Å². The average Bonchev–Trinajstić information content (AvgIpc) is 0.728. The molecule has 3 amide bonds. The Hall–Kier alpha value is -10.3. The van der Waals surface area contributed by atoms with Crippen molar-refractivity contribution in [2.24, 2.45) is 0 Å². The Kier molecular flexibility index (Phi) is 23.3. The lowest BCUT2D eigenvalue weighted by molar-refractivity contribution is -0.127. The molecule has 0 aliphatic carbocycles. The topological polar surface area (TPSA) is 248 Å². The van der Waals surface area contributed by atoms with Gasteiger partial charge in [0.15, 0.2) is 17.2 Å². The van der Waals surface area contributed by atoms with E-state index < -0.39 is 40.3 Å². The van der Waals surface area contributed by atoms with Gasteiger partial charge in [0.1, 0.15) is 60.5 Å². The summed E-state index contributed by atoms with van der Waals surface area (Å²) in [6.45, 7) is 28.2. The minimum Gasteiger partial charge on any atom is -0.488 e. The van der Waals surface area contributed by atoms with Gasteiger partial charge in [-0.2, -0.15) is 15.0 Å². The van der Waals surface area contributed by atoms with Crippen LogP contribution >= 0.6 is 46.4 Å². The number of rotatable bonds is 16. The lowest BCUT2D eigenvalue weighted by Gasteiger charge is -2.41. The summed E-state index contributed by atoms with van der Waals surface area (Å²) in [5.74, 6) is -0.701. The van der Waals surface area contributed by atoms with Crippen LogP contribution in [0.15, 0.2) is 125 Å². The van der Waals surface area contributed by atoms with Crippen molar-refractivity contribution in [2.45, 2.75) is 75.9 Å². The number of ether oxygens (including phenoxy) is 4. The Bertz CT molecular complexity index is 5810. The highest BCUT2D eigenvalue weighted by Gasteiger charge is 2.41. The Morgan fingerprint density at radius 1 is 0.496 bits per heavy atom. The number of hydrogen-bond acceptors (Lipinski definition) is 20. The molecule has 0 saturated carbocycles. The summed E-state index contributed by atoms with van der Waals surface area (Å²) in [4.78, 5) is 110. The molecule has 9 aliphatic rings. The normalized spacial score (nSPS) is 20.9. The highest BCUT2D eigenvalue weighted by molar-refractivity contribution is 6.37. The summed E-state index contributed by atoms with van der Waals surface area (Å²) < 4.78 is 88.4. The second kappa shape index (κ2) is 33.7. The first-order chi connectivity index (χ1) is 57.2. The first kappa shape index (κ1) is 82.4. The summed E-state index contributed by atoms with van der Waals surface area (Å²) in [6, 6.07) is 16.1. The number of nitrogens with two attached hydrogens (primary N) is 1. The highest BCUT2D eigenvalue weighted by Crippen LogP contribution is 2.52. The van der Waals surface area contributed by atoms with Crippen molar-refractivity contribution >= 4 is 120 Å². The molecule has 6 fully saturated rings. The Morgan fingerprint density at radius 2 is 0.916 bits per heavy atom. The van der Waals surface area contributed by atoms with Gasteiger partial charge in [-0.1, -0.05) is 72.2 Å². The maximum atomic E-state index is 15.2. The molecule has 119 heavy (non-hydrogen) atoms. The molecular formula is C85H88Cl4F4N16O10. The third-order valence-electron chi connectivity index (χ3n) is 24.1. The number of piperazine rings is 3. The number of carbonyl (C=O) groups excluding carboxylic acids is 3. The van der Waals surface area contributed by atoms with E-state index in [9.17, 15) is 33.2 Å². The number of anilines is 4. The van der Waals surface area contributed by atoms with Crippen LogP contribution in [0.1, 0.15) is 51.7 Å². The molecule has 2 N–H and O–H groups in total. The maximum Gasteiger partial charge on any atom is 0.350 e. The molecule has 624 valence electrons. The third kappa shape index (κ3) is 15.4. The van der Waals surface area contributed by atoms with Gasteiger partial charge in [0.2, 0.25) is 17.7 Å². The summed E-state index contributed by atoms with van der Waals surface area (Å²) in [5.41, 5.74) is 8.02. The molecule has 3 unspecified atom stereocenters. The van der Waals surface area contributed by atoms with Crippen molar-refractivity contribution in [2.75, 3.05) is 165 Å². The molecule has 6 atom stereocenters. The minimum atomic E-state index is -0.794. The van der Waals surface area contributed by atoms with Gasteiger partial charge in [-0.25, -0.2) is 31.9 Å². The second-order valence-corrected chi connectivity index (χ2v) is 33.2. The first-order valence-corrected chi connectivity index (χ1v) is 41.2. The Labute approximate surface area is 702 Å². The SMILES string of the molecule is C=CC(=O)N1CCN(c2nc(=O)n3c4c(c(-c5c(N)cccc5F)c(Cl)cc24)OCC3CN2CCC2)[C@@H](C)C1.C=CC(=O)N1CCN(c2nc(=O)n3c4c(c(-c5cc(Cl)ccc5F)c(Cl)cc24)OCC3CN2CCC2)[C@@H](C)C1.C=CC(=O)N1CCN(c2nc(=O)n3c4c(c(-c5ccc(F)cc5F)c(Cl)cc24)OCC3CN(C)C2COC2)[C@@H](C)C1. The predicted molar refractivity (Wildman–Crippen MR) is 452 cm³/mol. The third-order valence-corrected chi connectivity index (χ3v) is 25.2. The molecule has 18 rings (SSSR count). The number of nitrogens with zero attached hydrogens (tertiary/aromatic N) is 15. The molecular weight excluding hydrogens is 1620 g/mol. The predicted octanol–water partition coefficient (Wildman–Crippen LogP) is 11.2. The lowest BCUT2D eigenvalue weighted by Crippen LogP contribution is -2.54. The van der Waals surface area contributed by atoms with E-state index in [-0.39, 0.29) is 129 Å². The summed E-state index contributed by atoms with van der Waals surface area (Å²) in [7, 11) is 1.97. The zero-order chi connectivity index (χ0) is 83.8. The van der Waals surface area contributed by atoms with E-state index in [1.807, 2.05) is 42.5 Å². The van der Waals surface area contributed by atoms with Crippen LogP contribution in [-0.4, -0.2) is 245 Å². The fourth-order valence-electron chi connectivity index (χ4n) is 17.6. The summed E-state index contributed by atoms with van der Waals surface area (Å²) in [6.07, 6.45) is 6.14. The van der Waals surface area contributed by atoms with Crippen LogP contribution in [0.5, 0.6) is 17.2 Å². The number of carbonyl (C=O) groups is 3. The van der Waals surface area contributed by atoms with Crippen LogP contribution in [0.4, 0.5) is 40.7 Å². The van der Waals surface area contributed by atoms with Crippen LogP contribution in [0.2, 0.25) is 20.1 Å². The number of aromatic nitrogens is 6. The number of halogens is 8. The average molecular weight is 1710 g/mol. The van der Waals surface area contributed by atoms with E-state index in [1.54, 1.807) is 52.7 Å². The number of nitrogen functional groups attached to an aromatic ring is 1. The maximum absolute atomic E-state index is 15.2. The second-order valence-electron chi connectivity index (χ2n) is 31.5. The van der Waals surface area contributed by atoms with Gasteiger partial charge in [0.25, 0.3) is 0 Å². The van der Waals surface area contributed by atoms with Gasteiger partial charge < -0.3 is 63.9 Å². The number of hydrogen-bond donors (Lipinski definition) is 1. The fourth-order valence-corrected chi connectivity index (χ4v) is 18.7. The molecule has 0 radical (unpaired) electrons. The molecule has 9 aliphatic heterocycles. The standard InChI is InChI=1S/C29H30ClF2N5O4.C28H28Cl2FN5O3.C28H30ClFN6O3/c1-4-24(38)35-7-8-36(16(2)11-35)28-21-10-22(30)25(20-6-5-17(31)9-23(20)32)27-26(21)37(29(39)33-28)18(15-41-27)12-34(3)19-13-40-14-19;1-3-23(37)34-9-10-35(16(2)13-34)27-20-12-21(30)24(19-11-17(29)5-6-22(19)31)26-25(20)36(28(38)32-27)18(15-39-26)14-33-7-4-8-33;1-3-22(37)34-10-11-35(16(2)13-34)27-18-12-19(29)23(24-20(30)6-4-7-21(24)31)26-25(18)36(28(38)32-27)17(15-39-26)14-33-8-5-9-33/h4-6,9-10,16,18-19H,1,7-8,11-15H2,2-3H3;3,5-6,11-12,16,18H,1,4,7-10,13-15H2,2H3;3-4,6-7,12,16-17H,1,5,8-11,13-15,31H2,2H3/t2*16-,18?;16-,17?/m000/s1. The fraction of sp³-hybridized carbons (Fsp3) is 0.400. The van der Waals surface area contributed by atoms with Gasteiger partial charge in [-0.3, -0.25) is 33.0 Å². The van der Waals surface area contributed by atoms with Gasteiger partial charge >= 0.3 is 17.1 Å². The van der Waals surface area contributed by atoms with E-state index >= 15 is 13.2 Å². The van der Waals surface area contributed by atoms with E-state index in [1.165, 1.54) is 54.6 Å². The molecule has 0 spiro atoms. The smallest absolute Gasteiger partial charge is 0.350 e. The van der Waals surface area contributed by atoms with Crippen molar-refractivity contribution in [1.82, 2.24) is 58.1 Å². The monoisotopic (exact) mass is 1710 g/mol. The van der Waals surface area contributed by atoms with Gasteiger partial charge in [0, 0.05) is 163 Å². The van der Waals surface area contributed by atoms with E-state index in [2.05, 4.69) is 49.4 Å². The molecule has 0 bridgehead atoms. The lowest BCUT2D eigenvalue weighted by atomic mass is 9.98. The Morgan fingerprint density at radius 3 is 1.31 bits per heavy atom. The van der Waals surface area contributed by atoms with Crippen molar-refractivity contribution in [3.05, 3.63) is 186 Å². The van der Waals surface area contributed by atoms with Gasteiger partial charge in [0.05, 0.1) is 69.0 Å². The van der Waals surface area contributed by atoms with E-state index in [0.29, 0.717) is 170 Å².